The highest BCUT2D eigenvalue weighted by molar-refractivity contribution is 5.96. The number of rotatable bonds is 4. The molecule has 0 aromatic heterocycles. The molecular weight excluding hydrogens is 220 g/mol. The molecule has 0 saturated carbocycles. The van der Waals surface area contributed by atoms with Crippen molar-refractivity contribution in [1.29, 1.82) is 0 Å². The van der Waals surface area contributed by atoms with Gasteiger partial charge in [-0.1, -0.05) is 12.2 Å². The Bertz CT molecular complexity index is 481. The lowest BCUT2D eigenvalue weighted by atomic mass is 10.1. The van der Waals surface area contributed by atoms with Gasteiger partial charge in [-0.2, -0.15) is 0 Å². The zero-order chi connectivity index (χ0) is 13.0. The lowest BCUT2D eigenvalue weighted by Gasteiger charge is -2.07. The summed E-state index contributed by atoms with van der Waals surface area (Å²) in [5.41, 5.74) is 1.85. The number of hydrogen-bond acceptors (Lipinski definition) is 3. The highest BCUT2D eigenvalue weighted by atomic mass is 16.6. The Kier molecular flexibility index (Phi) is 3.98. The summed E-state index contributed by atoms with van der Waals surface area (Å²) < 4.78 is 0. The van der Waals surface area contributed by atoms with E-state index in [-0.39, 0.29) is 11.6 Å². The van der Waals surface area contributed by atoms with Crippen molar-refractivity contribution < 1.29 is 9.72 Å². The van der Waals surface area contributed by atoms with E-state index >= 15 is 0 Å². The maximum absolute atomic E-state index is 11.7. The Labute approximate surface area is 99.3 Å². The highest BCUT2D eigenvalue weighted by Crippen LogP contribution is 2.16. The van der Waals surface area contributed by atoms with Crippen molar-refractivity contribution >= 4 is 11.6 Å². The first kappa shape index (κ1) is 12.9. The van der Waals surface area contributed by atoms with Crippen molar-refractivity contribution in [3.8, 4) is 0 Å². The van der Waals surface area contributed by atoms with Crippen LogP contribution in [0.15, 0.2) is 30.4 Å². The molecule has 0 unspecified atom stereocenters. The molecule has 1 rings (SSSR count). The molecule has 0 atom stereocenters. The van der Waals surface area contributed by atoms with Crippen LogP contribution in [0.2, 0.25) is 0 Å². The van der Waals surface area contributed by atoms with E-state index < -0.39 is 4.92 Å². The zero-order valence-electron chi connectivity index (χ0n) is 9.82. The van der Waals surface area contributed by atoms with E-state index in [2.05, 4.69) is 11.9 Å². The van der Waals surface area contributed by atoms with Crippen molar-refractivity contribution in [3.63, 3.8) is 0 Å². The summed E-state index contributed by atoms with van der Waals surface area (Å²) in [4.78, 5) is 21.8. The molecule has 90 valence electrons. The van der Waals surface area contributed by atoms with Gasteiger partial charge in [0.15, 0.2) is 0 Å². The average Bonchev–Trinajstić information content (AvgIpc) is 2.25. The first-order chi connectivity index (χ1) is 7.91. The molecule has 0 fully saturated rings. The number of carbonyl (C=O) groups is 1. The molecule has 0 saturated heterocycles. The van der Waals surface area contributed by atoms with Crippen molar-refractivity contribution in [2.24, 2.45) is 0 Å². The highest BCUT2D eigenvalue weighted by Gasteiger charge is 2.12. The van der Waals surface area contributed by atoms with Gasteiger partial charge in [-0.15, -0.1) is 0 Å². The van der Waals surface area contributed by atoms with Gasteiger partial charge in [-0.3, -0.25) is 14.9 Å². The van der Waals surface area contributed by atoms with Crippen LogP contribution in [-0.2, 0) is 0 Å². The lowest BCUT2D eigenvalue weighted by molar-refractivity contribution is -0.384. The standard InChI is InChI=1S/C12H14N2O3/c1-8(2)7-13-12(15)11-5-4-10(14(16)17)6-9(11)3/h4-6H,1,7H2,2-3H3,(H,13,15). The van der Waals surface area contributed by atoms with Crippen molar-refractivity contribution in [2.75, 3.05) is 6.54 Å². The van der Waals surface area contributed by atoms with E-state index in [1.54, 1.807) is 6.92 Å². The second-order valence-corrected chi connectivity index (χ2v) is 3.90. The first-order valence-electron chi connectivity index (χ1n) is 5.09. The topological polar surface area (TPSA) is 72.2 Å². The number of amides is 1. The predicted molar refractivity (Wildman–Crippen MR) is 65.0 cm³/mol. The van der Waals surface area contributed by atoms with Gasteiger partial charge in [0.1, 0.15) is 0 Å². The third-order valence-electron chi connectivity index (χ3n) is 2.22. The third-order valence-corrected chi connectivity index (χ3v) is 2.22. The molecule has 0 heterocycles. The number of nitrogens with zero attached hydrogens (tertiary/aromatic N) is 1. The number of nitro groups is 1. The molecule has 1 amide bonds. The van der Waals surface area contributed by atoms with Crippen LogP contribution < -0.4 is 5.32 Å². The summed E-state index contributed by atoms with van der Waals surface area (Å²) >= 11 is 0. The number of nitrogens with one attached hydrogen (secondary N) is 1. The van der Waals surface area contributed by atoms with Gasteiger partial charge in [0.05, 0.1) is 4.92 Å². The number of benzene rings is 1. The van der Waals surface area contributed by atoms with E-state index in [4.69, 9.17) is 0 Å². The predicted octanol–water partition coefficient (Wildman–Crippen LogP) is 2.21. The molecule has 5 heteroatoms. The van der Waals surface area contributed by atoms with Crippen molar-refractivity contribution in [3.05, 3.63) is 51.6 Å². The summed E-state index contributed by atoms with van der Waals surface area (Å²) in [6, 6.07) is 4.17. The van der Waals surface area contributed by atoms with Crippen molar-refractivity contribution in [1.82, 2.24) is 5.32 Å². The molecule has 0 aliphatic heterocycles. The molecular formula is C12H14N2O3. The summed E-state index contributed by atoms with van der Waals surface area (Å²) in [6.07, 6.45) is 0. The summed E-state index contributed by atoms with van der Waals surface area (Å²) in [5.74, 6) is -0.250. The van der Waals surface area contributed by atoms with Crippen LogP contribution >= 0.6 is 0 Å². The SMILES string of the molecule is C=C(C)CNC(=O)c1ccc([N+](=O)[O-])cc1C. The molecule has 0 radical (unpaired) electrons. The number of carbonyl (C=O) groups excluding carboxylic acids is 1. The van der Waals surface area contributed by atoms with Gasteiger partial charge >= 0.3 is 0 Å². The van der Waals surface area contributed by atoms with Crippen molar-refractivity contribution in [2.45, 2.75) is 13.8 Å². The van der Waals surface area contributed by atoms with Gasteiger partial charge in [-0.05, 0) is 25.5 Å². The molecule has 17 heavy (non-hydrogen) atoms. The molecule has 0 spiro atoms. The van der Waals surface area contributed by atoms with Crippen LogP contribution in [-0.4, -0.2) is 17.4 Å². The largest absolute Gasteiger partial charge is 0.348 e. The van der Waals surface area contributed by atoms with Crippen LogP contribution in [0.25, 0.3) is 0 Å². The number of nitro benzene ring substituents is 1. The number of hydrogen-bond donors (Lipinski definition) is 1. The maximum Gasteiger partial charge on any atom is 0.269 e. The van der Waals surface area contributed by atoms with Crippen LogP contribution in [0.3, 0.4) is 0 Å². The number of aryl methyl sites for hydroxylation is 1. The molecule has 5 nitrogen and oxygen atoms in total. The zero-order valence-corrected chi connectivity index (χ0v) is 9.82. The molecule has 1 aromatic carbocycles. The Morgan fingerprint density at radius 3 is 2.65 bits per heavy atom. The average molecular weight is 234 g/mol. The van der Waals surface area contributed by atoms with E-state index in [9.17, 15) is 14.9 Å². The second kappa shape index (κ2) is 5.25. The maximum atomic E-state index is 11.7. The fraction of sp³-hybridized carbons (Fsp3) is 0.250. The fourth-order valence-corrected chi connectivity index (χ4v) is 1.34. The first-order valence-corrected chi connectivity index (χ1v) is 5.09. The normalized spacial score (nSPS) is 9.76. The molecule has 1 aromatic rings. The monoisotopic (exact) mass is 234 g/mol. The van der Waals surface area contributed by atoms with E-state index in [0.29, 0.717) is 17.7 Å². The van der Waals surface area contributed by atoms with Crippen LogP contribution in [0, 0.1) is 17.0 Å². The second-order valence-electron chi connectivity index (χ2n) is 3.90. The van der Waals surface area contributed by atoms with E-state index in [1.165, 1.54) is 18.2 Å². The Morgan fingerprint density at radius 2 is 2.18 bits per heavy atom. The van der Waals surface area contributed by atoms with Gasteiger partial charge in [0, 0.05) is 24.2 Å². The minimum absolute atomic E-state index is 0.0149. The van der Waals surface area contributed by atoms with E-state index in [1.807, 2.05) is 6.92 Å². The Balaban J connectivity index is 2.88. The Morgan fingerprint density at radius 1 is 1.53 bits per heavy atom. The number of non-ortho nitro benzene ring substituents is 1. The smallest absolute Gasteiger partial charge is 0.269 e. The van der Waals surface area contributed by atoms with Gasteiger partial charge < -0.3 is 5.32 Å². The quantitative estimate of drug-likeness (QED) is 0.493. The summed E-state index contributed by atoms with van der Waals surface area (Å²) in [5, 5.41) is 13.2. The van der Waals surface area contributed by atoms with Crippen LogP contribution in [0.1, 0.15) is 22.8 Å². The fourth-order valence-electron chi connectivity index (χ4n) is 1.34. The molecule has 0 aliphatic carbocycles. The van der Waals surface area contributed by atoms with Gasteiger partial charge in [0.2, 0.25) is 0 Å². The van der Waals surface area contributed by atoms with Crippen LogP contribution in [0.5, 0.6) is 0 Å². The van der Waals surface area contributed by atoms with Crippen LogP contribution in [0.4, 0.5) is 5.69 Å². The minimum atomic E-state index is -0.484. The molecule has 0 bridgehead atoms. The summed E-state index contributed by atoms with van der Waals surface area (Å²) in [7, 11) is 0. The summed E-state index contributed by atoms with van der Waals surface area (Å²) in [6.45, 7) is 7.55. The molecule has 0 aliphatic rings. The van der Waals surface area contributed by atoms with Gasteiger partial charge in [0.25, 0.3) is 11.6 Å². The van der Waals surface area contributed by atoms with Gasteiger partial charge in [-0.25, -0.2) is 0 Å². The third kappa shape index (κ3) is 3.41. The minimum Gasteiger partial charge on any atom is -0.348 e. The van der Waals surface area contributed by atoms with E-state index in [0.717, 1.165) is 5.57 Å². The Hall–Kier alpha value is -2.17. The lowest BCUT2D eigenvalue weighted by Crippen LogP contribution is -2.25. The molecule has 1 N–H and O–H groups in total.